The third-order valence-electron chi connectivity index (χ3n) is 3.26. The SMILES string of the molecule is Cn1ccc(Nc2nccc(-c3cccc(-n4ccnn4)n3)n2)n1. The first-order chi connectivity index (χ1) is 11.8. The molecule has 0 saturated heterocycles. The number of aromatic nitrogens is 8. The highest BCUT2D eigenvalue weighted by molar-refractivity contribution is 5.58. The fraction of sp³-hybridized carbons (Fsp3) is 0.0667. The summed E-state index contributed by atoms with van der Waals surface area (Å²) in [5.74, 6) is 1.81. The Morgan fingerprint density at radius 2 is 1.88 bits per heavy atom. The molecule has 0 aliphatic heterocycles. The fourth-order valence-electron chi connectivity index (χ4n) is 2.18. The van der Waals surface area contributed by atoms with Crippen molar-refractivity contribution in [1.29, 1.82) is 0 Å². The molecule has 4 rings (SSSR count). The molecule has 0 fully saturated rings. The third-order valence-corrected chi connectivity index (χ3v) is 3.26. The van der Waals surface area contributed by atoms with Crippen molar-refractivity contribution < 1.29 is 0 Å². The normalized spacial score (nSPS) is 10.7. The maximum absolute atomic E-state index is 4.56. The summed E-state index contributed by atoms with van der Waals surface area (Å²) in [6, 6.07) is 9.28. The predicted octanol–water partition coefficient (Wildman–Crippen LogP) is 1.60. The van der Waals surface area contributed by atoms with Crippen molar-refractivity contribution in [3.8, 4) is 17.2 Å². The highest BCUT2D eigenvalue weighted by Gasteiger charge is 2.07. The number of nitrogens with zero attached hydrogens (tertiary/aromatic N) is 8. The first-order valence-corrected chi connectivity index (χ1v) is 7.22. The van der Waals surface area contributed by atoms with Crippen LogP contribution in [-0.4, -0.2) is 39.7 Å². The van der Waals surface area contributed by atoms with E-state index in [1.807, 2.05) is 37.5 Å². The minimum atomic E-state index is 0.458. The number of anilines is 2. The quantitative estimate of drug-likeness (QED) is 0.610. The number of pyridine rings is 1. The maximum atomic E-state index is 4.56. The molecule has 24 heavy (non-hydrogen) atoms. The highest BCUT2D eigenvalue weighted by Crippen LogP contribution is 2.18. The predicted molar refractivity (Wildman–Crippen MR) is 86.7 cm³/mol. The van der Waals surface area contributed by atoms with Crippen molar-refractivity contribution in [2.75, 3.05) is 5.32 Å². The Morgan fingerprint density at radius 3 is 2.67 bits per heavy atom. The fourth-order valence-corrected chi connectivity index (χ4v) is 2.18. The van der Waals surface area contributed by atoms with E-state index in [4.69, 9.17) is 0 Å². The van der Waals surface area contributed by atoms with Crippen molar-refractivity contribution in [2.24, 2.45) is 7.05 Å². The van der Waals surface area contributed by atoms with E-state index in [1.54, 1.807) is 34.0 Å². The van der Waals surface area contributed by atoms with Gasteiger partial charge in [-0.3, -0.25) is 4.68 Å². The summed E-state index contributed by atoms with van der Waals surface area (Å²) in [5.41, 5.74) is 1.42. The van der Waals surface area contributed by atoms with Gasteiger partial charge in [0.25, 0.3) is 0 Å². The molecule has 4 heterocycles. The summed E-state index contributed by atoms with van der Waals surface area (Å²) in [5, 5.41) is 15.1. The summed E-state index contributed by atoms with van der Waals surface area (Å²) in [7, 11) is 1.85. The molecule has 0 saturated carbocycles. The van der Waals surface area contributed by atoms with Gasteiger partial charge >= 0.3 is 0 Å². The van der Waals surface area contributed by atoms with Gasteiger partial charge in [-0.1, -0.05) is 11.3 Å². The Hall–Kier alpha value is -3.62. The number of hydrogen-bond acceptors (Lipinski definition) is 7. The zero-order valence-corrected chi connectivity index (χ0v) is 12.8. The summed E-state index contributed by atoms with van der Waals surface area (Å²) in [6.07, 6.45) is 6.86. The van der Waals surface area contributed by atoms with E-state index in [1.165, 1.54) is 0 Å². The van der Waals surface area contributed by atoms with Crippen LogP contribution in [0, 0.1) is 0 Å². The lowest BCUT2D eigenvalue weighted by Crippen LogP contribution is -2.02. The average Bonchev–Trinajstić information content (AvgIpc) is 3.27. The lowest BCUT2D eigenvalue weighted by molar-refractivity contribution is 0.770. The second kappa shape index (κ2) is 5.88. The molecule has 0 aromatic carbocycles. The summed E-state index contributed by atoms with van der Waals surface area (Å²) >= 11 is 0. The van der Waals surface area contributed by atoms with Gasteiger partial charge in [0, 0.05) is 25.5 Å². The summed E-state index contributed by atoms with van der Waals surface area (Å²) < 4.78 is 3.30. The smallest absolute Gasteiger partial charge is 0.228 e. The lowest BCUT2D eigenvalue weighted by Gasteiger charge is -2.05. The molecule has 0 aliphatic rings. The van der Waals surface area contributed by atoms with E-state index >= 15 is 0 Å². The standard InChI is InChI=1S/C15H13N9/c1-23-9-6-13(21-23)20-15-16-7-5-12(19-15)11-3-2-4-14(18-11)24-10-8-17-22-24/h2-10H,1H3,(H,16,19,20,21). The Kier molecular flexibility index (Phi) is 3.43. The van der Waals surface area contributed by atoms with Gasteiger partial charge < -0.3 is 5.32 Å². The monoisotopic (exact) mass is 319 g/mol. The van der Waals surface area contributed by atoms with Crippen LogP contribution in [0.25, 0.3) is 17.2 Å². The minimum Gasteiger partial charge on any atom is -0.307 e. The first-order valence-electron chi connectivity index (χ1n) is 7.22. The number of aryl methyl sites for hydroxylation is 1. The van der Waals surface area contributed by atoms with Crippen LogP contribution in [0.15, 0.2) is 55.1 Å². The molecule has 0 aliphatic carbocycles. The van der Waals surface area contributed by atoms with Gasteiger partial charge in [0.05, 0.1) is 23.8 Å². The molecule has 0 amide bonds. The van der Waals surface area contributed by atoms with E-state index in [-0.39, 0.29) is 0 Å². The molecule has 0 bridgehead atoms. The lowest BCUT2D eigenvalue weighted by atomic mass is 10.2. The Labute approximate surface area is 137 Å². The molecule has 0 atom stereocenters. The van der Waals surface area contributed by atoms with Crippen LogP contribution in [0.3, 0.4) is 0 Å². The van der Waals surface area contributed by atoms with Gasteiger partial charge in [-0.2, -0.15) is 5.10 Å². The van der Waals surface area contributed by atoms with Crippen molar-refractivity contribution in [3.05, 3.63) is 55.1 Å². The van der Waals surface area contributed by atoms with Crippen LogP contribution in [0.1, 0.15) is 0 Å². The van der Waals surface area contributed by atoms with Gasteiger partial charge in [0.1, 0.15) is 0 Å². The topological polar surface area (TPSA) is 99.2 Å². The minimum absolute atomic E-state index is 0.458. The van der Waals surface area contributed by atoms with Crippen LogP contribution < -0.4 is 5.32 Å². The van der Waals surface area contributed by atoms with E-state index in [0.717, 1.165) is 5.69 Å². The van der Waals surface area contributed by atoms with Crippen molar-refractivity contribution >= 4 is 11.8 Å². The van der Waals surface area contributed by atoms with Gasteiger partial charge in [0.15, 0.2) is 11.6 Å². The van der Waals surface area contributed by atoms with Gasteiger partial charge in [-0.15, -0.1) is 5.10 Å². The summed E-state index contributed by atoms with van der Waals surface area (Å²) in [4.78, 5) is 13.3. The second-order valence-corrected chi connectivity index (χ2v) is 4.99. The molecule has 0 spiro atoms. The second-order valence-electron chi connectivity index (χ2n) is 4.99. The van der Waals surface area contributed by atoms with E-state index in [2.05, 4.69) is 35.7 Å². The third kappa shape index (κ3) is 2.82. The molecule has 9 heteroatoms. The summed E-state index contributed by atoms with van der Waals surface area (Å²) in [6.45, 7) is 0. The number of rotatable bonds is 4. The van der Waals surface area contributed by atoms with Gasteiger partial charge in [-0.25, -0.2) is 19.6 Å². The van der Waals surface area contributed by atoms with Crippen molar-refractivity contribution in [1.82, 2.24) is 39.7 Å². The molecule has 0 unspecified atom stereocenters. The number of hydrogen-bond donors (Lipinski definition) is 1. The first kappa shape index (κ1) is 14.0. The van der Waals surface area contributed by atoms with Gasteiger partial charge in [0.2, 0.25) is 5.95 Å². The van der Waals surface area contributed by atoms with E-state index in [0.29, 0.717) is 23.3 Å². The van der Waals surface area contributed by atoms with Gasteiger partial charge in [-0.05, 0) is 18.2 Å². The zero-order chi connectivity index (χ0) is 16.4. The maximum Gasteiger partial charge on any atom is 0.228 e. The molecule has 118 valence electrons. The van der Waals surface area contributed by atoms with Crippen LogP contribution in [0.2, 0.25) is 0 Å². The Balaban J connectivity index is 1.65. The van der Waals surface area contributed by atoms with Crippen LogP contribution in [0.5, 0.6) is 0 Å². The Morgan fingerprint density at radius 1 is 0.958 bits per heavy atom. The highest BCUT2D eigenvalue weighted by atomic mass is 15.4. The zero-order valence-electron chi connectivity index (χ0n) is 12.8. The van der Waals surface area contributed by atoms with Crippen LogP contribution in [-0.2, 0) is 7.05 Å². The molecule has 4 aromatic heterocycles. The van der Waals surface area contributed by atoms with Crippen molar-refractivity contribution in [2.45, 2.75) is 0 Å². The molecule has 4 aromatic rings. The van der Waals surface area contributed by atoms with Crippen LogP contribution >= 0.6 is 0 Å². The molecular formula is C15H13N9. The van der Waals surface area contributed by atoms with Crippen LogP contribution in [0.4, 0.5) is 11.8 Å². The molecule has 9 nitrogen and oxygen atoms in total. The van der Waals surface area contributed by atoms with Crippen molar-refractivity contribution in [3.63, 3.8) is 0 Å². The number of nitrogens with one attached hydrogen (secondary N) is 1. The molecule has 0 radical (unpaired) electrons. The average molecular weight is 319 g/mol. The Bertz CT molecular complexity index is 959. The molecular weight excluding hydrogens is 306 g/mol. The van der Waals surface area contributed by atoms with E-state index < -0.39 is 0 Å². The van der Waals surface area contributed by atoms with E-state index in [9.17, 15) is 0 Å². The largest absolute Gasteiger partial charge is 0.307 e. The molecule has 1 N–H and O–H groups in total.